The number of benzene rings is 1. The summed E-state index contributed by atoms with van der Waals surface area (Å²) in [6.45, 7) is 6.36. The Hall–Kier alpha value is -1.06. The molecule has 1 heterocycles. The van der Waals surface area contributed by atoms with Crippen molar-refractivity contribution < 1.29 is 4.74 Å². The van der Waals surface area contributed by atoms with E-state index in [9.17, 15) is 0 Å². The normalized spacial score (nSPS) is 25.4. The highest BCUT2D eigenvalue weighted by Crippen LogP contribution is 2.29. The fourth-order valence-electron chi connectivity index (χ4n) is 2.30. The lowest BCUT2D eigenvalue weighted by Gasteiger charge is -2.32. The molecule has 2 unspecified atom stereocenters. The maximum Gasteiger partial charge on any atom is 0.123 e. The third kappa shape index (κ3) is 2.20. The molecule has 3 nitrogen and oxygen atoms in total. The molecular formula is C13H20N2O. The van der Waals surface area contributed by atoms with E-state index in [2.05, 4.69) is 36.6 Å². The van der Waals surface area contributed by atoms with Crippen LogP contribution in [0.3, 0.4) is 0 Å². The van der Waals surface area contributed by atoms with Gasteiger partial charge in [0.25, 0.3) is 0 Å². The van der Waals surface area contributed by atoms with Gasteiger partial charge in [-0.05, 0) is 19.9 Å². The first-order chi connectivity index (χ1) is 7.72. The lowest BCUT2D eigenvalue weighted by molar-refractivity contribution is 0.330. The molecular weight excluding hydrogens is 200 g/mol. The molecule has 0 spiro atoms. The molecule has 1 fully saturated rings. The second-order valence-corrected chi connectivity index (χ2v) is 4.42. The second kappa shape index (κ2) is 4.85. The van der Waals surface area contributed by atoms with Crippen LogP contribution in [0, 0.1) is 6.92 Å². The Morgan fingerprint density at radius 2 is 2.00 bits per heavy atom. The highest BCUT2D eigenvalue weighted by molar-refractivity contribution is 5.40. The number of rotatable bonds is 2. The molecule has 1 aromatic carbocycles. The minimum atomic E-state index is 0.337. The van der Waals surface area contributed by atoms with Crippen LogP contribution in [0.25, 0.3) is 0 Å². The number of ether oxygens (including phenoxy) is 1. The smallest absolute Gasteiger partial charge is 0.123 e. The largest absolute Gasteiger partial charge is 0.496 e. The molecule has 0 radical (unpaired) electrons. The molecule has 3 heteroatoms. The van der Waals surface area contributed by atoms with Crippen molar-refractivity contribution in [2.45, 2.75) is 25.9 Å². The van der Waals surface area contributed by atoms with Crippen molar-refractivity contribution >= 4 is 0 Å². The molecule has 1 saturated heterocycles. The Bertz CT molecular complexity index is 365. The zero-order valence-electron chi connectivity index (χ0n) is 10.2. The van der Waals surface area contributed by atoms with E-state index in [4.69, 9.17) is 4.74 Å². The Labute approximate surface area is 97.2 Å². The highest BCUT2D eigenvalue weighted by Gasteiger charge is 2.24. The van der Waals surface area contributed by atoms with Gasteiger partial charge >= 0.3 is 0 Å². The van der Waals surface area contributed by atoms with E-state index in [1.165, 1.54) is 11.1 Å². The van der Waals surface area contributed by atoms with Crippen molar-refractivity contribution in [3.8, 4) is 5.75 Å². The summed E-state index contributed by atoms with van der Waals surface area (Å²) in [5, 5.41) is 7.03. The third-order valence-electron chi connectivity index (χ3n) is 3.18. The van der Waals surface area contributed by atoms with Crippen LogP contribution in [0.1, 0.15) is 24.1 Å². The minimum absolute atomic E-state index is 0.337. The zero-order valence-corrected chi connectivity index (χ0v) is 10.2. The maximum atomic E-state index is 5.43. The van der Waals surface area contributed by atoms with Gasteiger partial charge in [-0.2, -0.15) is 0 Å². The van der Waals surface area contributed by atoms with Gasteiger partial charge in [0.2, 0.25) is 0 Å². The van der Waals surface area contributed by atoms with E-state index < -0.39 is 0 Å². The molecule has 0 bridgehead atoms. The monoisotopic (exact) mass is 220 g/mol. The first-order valence-electron chi connectivity index (χ1n) is 5.83. The van der Waals surface area contributed by atoms with Gasteiger partial charge in [0.05, 0.1) is 13.2 Å². The molecule has 2 N–H and O–H groups in total. The van der Waals surface area contributed by atoms with Gasteiger partial charge in [0.1, 0.15) is 5.75 Å². The molecule has 1 aromatic rings. The first kappa shape index (κ1) is 11.4. The molecule has 2 atom stereocenters. The average Bonchev–Trinajstić information content (AvgIpc) is 2.29. The summed E-state index contributed by atoms with van der Waals surface area (Å²) >= 11 is 0. The van der Waals surface area contributed by atoms with Crippen molar-refractivity contribution in [1.82, 2.24) is 10.6 Å². The van der Waals surface area contributed by atoms with E-state index in [0.29, 0.717) is 12.1 Å². The van der Waals surface area contributed by atoms with Crippen LogP contribution in [0.4, 0.5) is 0 Å². The molecule has 0 saturated carbocycles. The molecule has 1 aliphatic heterocycles. The van der Waals surface area contributed by atoms with E-state index in [-0.39, 0.29) is 0 Å². The summed E-state index contributed by atoms with van der Waals surface area (Å²) in [5.41, 5.74) is 2.53. The van der Waals surface area contributed by atoms with Crippen LogP contribution >= 0.6 is 0 Å². The zero-order chi connectivity index (χ0) is 11.5. The van der Waals surface area contributed by atoms with Gasteiger partial charge in [-0.1, -0.05) is 17.7 Å². The lowest BCUT2D eigenvalue weighted by Crippen LogP contribution is -2.49. The Morgan fingerprint density at radius 3 is 2.69 bits per heavy atom. The highest BCUT2D eigenvalue weighted by atomic mass is 16.5. The third-order valence-corrected chi connectivity index (χ3v) is 3.18. The maximum absolute atomic E-state index is 5.43. The summed E-state index contributed by atoms with van der Waals surface area (Å²) in [6, 6.07) is 7.12. The van der Waals surface area contributed by atoms with Gasteiger partial charge < -0.3 is 15.4 Å². The van der Waals surface area contributed by atoms with Crippen LogP contribution in [-0.2, 0) is 0 Å². The van der Waals surface area contributed by atoms with Gasteiger partial charge in [-0.15, -0.1) is 0 Å². The van der Waals surface area contributed by atoms with Crippen molar-refractivity contribution in [1.29, 1.82) is 0 Å². The predicted molar refractivity (Wildman–Crippen MR) is 65.9 cm³/mol. The van der Waals surface area contributed by atoms with Crippen LogP contribution < -0.4 is 15.4 Å². The molecule has 2 rings (SSSR count). The number of aryl methyl sites for hydroxylation is 1. The van der Waals surface area contributed by atoms with Gasteiger partial charge in [0.15, 0.2) is 0 Å². The van der Waals surface area contributed by atoms with Crippen molar-refractivity contribution in [3.63, 3.8) is 0 Å². The summed E-state index contributed by atoms with van der Waals surface area (Å²) in [4.78, 5) is 0. The van der Waals surface area contributed by atoms with Crippen LogP contribution in [0.2, 0.25) is 0 Å². The topological polar surface area (TPSA) is 33.3 Å². The average molecular weight is 220 g/mol. The number of methoxy groups -OCH3 is 1. The number of hydrogen-bond donors (Lipinski definition) is 2. The first-order valence-corrected chi connectivity index (χ1v) is 5.83. The fraction of sp³-hybridized carbons (Fsp3) is 0.538. The summed E-state index contributed by atoms with van der Waals surface area (Å²) < 4.78 is 5.43. The van der Waals surface area contributed by atoms with Crippen molar-refractivity contribution in [3.05, 3.63) is 29.3 Å². The molecule has 0 aliphatic carbocycles. The van der Waals surface area contributed by atoms with Crippen molar-refractivity contribution in [2.24, 2.45) is 0 Å². The summed E-state index contributed by atoms with van der Waals surface area (Å²) in [5.74, 6) is 0.971. The van der Waals surface area contributed by atoms with Crippen LogP contribution in [0.15, 0.2) is 18.2 Å². The van der Waals surface area contributed by atoms with E-state index in [1.54, 1.807) is 7.11 Å². The Kier molecular flexibility index (Phi) is 3.46. The molecule has 0 aromatic heterocycles. The molecule has 1 aliphatic rings. The van der Waals surface area contributed by atoms with E-state index >= 15 is 0 Å². The van der Waals surface area contributed by atoms with E-state index in [0.717, 1.165) is 18.8 Å². The standard InChI is InChI=1S/C13H20N2O/c1-9-4-5-12(16-3)11(8-9)13-10(2)14-6-7-15-13/h4-5,8,10,13-15H,6-7H2,1-3H3. The Balaban J connectivity index is 2.33. The fourth-order valence-corrected chi connectivity index (χ4v) is 2.30. The van der Waals surface area contributed by atoms with Crippen molar-refractivity contribution in [2.75, 3.05) is 20.2 Å². The lowest BCUT2D eigenvalue weighted by atomic mass is 9.96. The molecule has 88 valence electrons. The predicted octanol–water partition coefficient (Wildman–Crippen LogP) is 1.63. The quantitative estimate of drug-likeness (QED) is 0.794. The van der Waals surface area contributed by atoms with Crippen LogP contribution in [0.5, 0.6) is 5.75 Å². The minimum Gasteiger partial charge on any atom is -0.496 e. The number of piperazine rings is 1. The summed E-state index contributed by atoms with van der Waals surface area (Å²) in [6.07, 6.45) is 0. The van der Waals surface area contributed by atoms with E-state index in [1.807, 2.05) is 6.07 Å². The molecule has 16 heavy (non-hydrogen) atoms. The van der Waals surface area contributed by atoms with Gasteiger partial charge in [-0.25, -0.2) is 0 Å². The van der Waals surface area contributed by atoms with Crippen LogP contribution in [-0.4, -0.2) is 26.2 Å². The number of nitrogens with one attached hydrogen (secondary N) is 2. The molecule has 0 amide bonds. The summed E-state index contributed by atoms with van der Waals surface area (Å²) in [7, 11) is 1.73. The van der Waals surface area contributed by atoms with Gasteiger partial charge in [0, 0.05) is 24.7 Å². The Morgan fingerprint density at radius 1 is 1.25 bits per heavy atom. The van der Waals surface area contributed by atoms with Gasteiger partial charge in [-0.3, -0.25) is 0 Å². The number of hydrogen-bond acceptors (Lipinski definition) is 3. The second-order valence-electron chi connectivity index (χ2n) is 4.42. The SMILES string of the molecule is COc1ccc(C)cc1C1NCCNC1C.